The number of benzene rings is 1. The zero-order valence-electron chi connectivity index (χ0n) is 18.0. The third-order valence-electron chi connectivity index (χ3n) is 5.04. The van der Waals surface area contributed by atoms with E-state index in [9.17, 15) is 22.8 Å². The molecule has 1 unspecified atom stereocenters. The highest BCUT2D eigenvalue weighted by atomic mass is 35.5. The number of aliphatic carboxylic acids is 1. The molecule has 1 fully saturated rings. The molecule has 4 rings (SSSR count). The summed E-state index contributed by atoms with van der Waals surface area (Å²) in [6, 6.07) is 11.0. The topological polar surface area (TPSA) is 118 Å². The van der Waals surface area contributed by atoms with Crippen molar-refractivity contribution in [3.63, 3.8) is 0 Å². The molecule has 1 aliphatic rings. The smallest absolute Gasteiger partial charge is 0.452 e. The van der Waals surface area contributed by atoms with Gasteiger partial charge in [0.25, 0.3) is 5.91 Å². The molecule has 35 heavy (non-hydrogen) atoms. The Hall–Kier alpha value is -3.64. The van der Waals surface area contributed by atoms with E-state index in [0.29, 0.717) is 30.9 Å². The fourth-order valence-electron chi connectivity index (χ4n) is 3.47. The highest BCUT2D eigenvalue weighted by Crippen LogP contribution is 2.35. The average Bonchev–Trinajstić information content (AvgIpc) is 3.47. The minimum absolute atomic E-state index is 0. The van der Waals surface area contributed by atoms with Crippen molar-refractivity contribution < 1.29 is 37.0 Å². The Kier molecular flexibility index (Phi) is 7.97. The van der Waals surface area contributed by atoms with Crippen LogP contribution in [0.5, 0.6) is 0 Å². The van der Waals surface area contributed by atoms with Gasteiger partial charge in [-0.25, -0.2) is 14.8 Å². The maximum Gasteiger partial charge on any atom is 0.452 e. The first-order valence-corrected chi connectivity index (χ1v) is 10.2. The molecule has 1 atom stereocenters. The van der Waals surface area contributed by atoms with Crippen molar-refractivity contribution in [2.24, 2.45) is 0 Å². The summed E-state index contributed by atoms with van der Waals surface area (Å²) >= 11 is 0. The van der Waals surface area contributed by atoms with E-state index in [1.165, 1.54) is 24.4 Å². The lowest BCUT2D eigenvalue weighted by atomic mass is 10.2. The van der Waals surface area contributed by atoms with Crippen molar-refractivity contribution in [3.05, 3.63) is 60.1 Å². The van der Waals surface area contributed by atoms with Crippen molar-refractivity contribution >= 4 is 35.8 Å². The summed E-state index contributed by atoms with van der Waals surface area (Å²) in [6.07, 6.45) is -3.22. The number of nitrogens with zero attached hydrogens (tertiary/aromatic N) is 3. The number of amides is 1. The van der Waals surface area contributed by atoms with E-state index in [2.05, 4.69) is 15.3 Å². The standard InChI is InChI=1S/C22H19F3N4O5.ClH/c23-22(24,25)19-18(28-21(34-19)13-4-2-1-3-5-13)20(32)27-14-6-7-16(26-10-14)29-9-8-15(11-29)33-12-17(30)31;/h1-7,10,15H,8-9,11-12H2,(H,27,32)(H,30,31);1H. The van der Waals surface area contributed by atoms with Crippen LogP contribution in [0.1, 0.15) is 22.7 Å². The molecule has 0 radical (unpaired) electrons. The molecule has 9 nitrogen and oxygen atoms in total. The Bertz CT molecular complexity index is 1170. The van der Waals surface area contributed by atoms with E-state index in [1.807, 2.05) is 4.90 Å². The summed E-state index contributed by atoms with van der Waals surface area (Å²) in [5, 5.41) is 11.1. The summed E-state index contributed by atoms with van der Waals surface area (Å²) in [5.41, 5.74) is -0.410. The number of anilines is 2. The lowest BCUT2D eigenvalue weighted by molar-refractivity contribution is -0.153. The third kappa shape index (κ3) is 6.28. The maximum absolute atomic E-state index is 13.5. The second kappa shape index (κ2) is 10.7. The second-order valence-corrected chi connectivity index (χ2v) is 7.48. The number of aromatic nitrogens is 2. The molecule has 3 aromatic rings. The summed E-state index contributed by atoms with van der Waals surface area (Å²) in [4.78, 5) is 33.1. The number of alkyl halides is 3. The molecule has 0 saturated carbocycles. The van der Waals surface area contributed by atoms with Crippen LogP contribution in [0.4, 0.5) is 24.7 Å². The number of hydrogen-bond donors (Lipinski definition) is 2. The lowest BCUT2D eigenvalue weighted by Gasteiger charge is -2.17. The van der Waals surface area contributed by atoms with E-state index in [4.69, 9.17) is 14.3 Å². The average molecular weight is 513 g/mol. The van der Waals surface area contributed by atoms with Crippen LogP contribution in [-0.2, 0) is 15.7 Å². The number of carboxylic acid groups (broad SMARTS) is 1. The predicted octanol–water partition coefficient (Wildman–Crippen LogP) is 4.11. The summed E-state index contributed by atoms with van der Waals surface area (Å²) in [5.74, 6) is -3.38. The number of oxazole rings is 1. The van der Waals surface area contributed by atoms with Crippen molar-refractivity contribution in [1.82, 2.24) is 9.97 Å². The normalized spacial score (nSPS) is 15.5. The fourth-order valence-corrected chi connectivity index (χ4v) is 3.47. The lowest BCUT2D eigenvalue weighted by Crippen LogP contribution is -2.25. The minimum Gasteiger partial charge on any atom is -0.480 e. The molecule has 0 aliphatic carbocycles. The number of ether oxygens (including phenoxy) is 1. The van der Waals surface area contributed by atoms with Crippen molar-refractivity contribution in [3.8, 4) is 11.5 Å². The van der Waals surface area contributed by atoms with Gasteiger partial charge >= 0.3 is 12.1 Å². The van der Waals surface area contributed by atoms with Crippen LogP contribution < -0.4 is 10.2 Å². The number of halogens is 4. The zero-order chi connectivity index (χ0) is 24.3. The maximum atomic E-state index is 13.5. The number of carbonyl (C=O) groups excluding carboxylic acids is 1. The molecule has 2 aromatic heterocycles. The van der Waals surface area contributed by atoms with Gasteiger partial charge in [-0.3, -0.25) is 4.79 Å². The summed E-state index contributed by atoms with van der Waals surface area (Å²) < 4.78 is 50.5. The van der Waals surface area contributed by atoms with Gasteiger partial charge in [0.1, 0.15) is 12.4 Å². The van der Waals surface area contributed by atoms with Crippen LogP contribution >= 0.6 is 12.4 Å². The van der Waals surface area contributed by atoms with Gasteiger partial charge in [0.2, 0.25) is 11.7 Å². The van der Waals surface area contributed by atoms with Gasteiger partial charge in [-0.05, 0) is 30.7 Å². The zero-order valence-corrected chi connectivity index (χ0v) is 18.8. The van der Waals surface area contributed by atoms with Gasteiger partial charge < -0.3 is 24.5 Å². The molecule has 2 N–H and O–H groups in total. The molecule has 1 aromatic carbocycles. The largest absolute Gasteiger partial charge is 0.480 e. The molecule has 1 amide bonds. The summed E-state index contributed by atoms with van der Waals surface area (Å²) in [7, 11) is 0. The van der Waals surface area contributed by atoms with E-state index < -0.39 is 29.5 Å². The van der Waals surface area contributed by atoms with Gasteiger partial charge in [0, 0.05) is 18.7 Å². The van der Waals surface area contributed by atoms with Crippen LogP contribution in [0.25, 0.3) is 11.5 Å². The SMILES string of the molecule is Cl.O=C(O)COC1CCN(c2ccc(NC(=O)c3nc(-c4ccccc4)oc3C(F)(F)F)cn2)C1. The van der Waals surface area contributed by atoms with Crippen molar-refractivity contribution in [2.45, 2.75) is 18.7 Å². The van der Waals surface area contributed by atoms with Crippen molar-refractivity contribution in [1.29, 1.82) is 0 Å². The number of nitrogens with one attached hydrogen (secondary N) is 1. The molecule has 186 valence electrons. The first-order valence-electron chi connectivity index (χ1n) is 10.2. The summed E-state index contributed by atoms with van der Waals surface area (Å²) in [6.45, 7) is 0.659. The number of rotatable bonds is 7. The molecular weight excluding hydrogens is 493 g/mol. The van der Waals surface area contributed by atoms with Crippen LogP contribution in [-0.4, -0.2) is 52.8 Å². The van der Waals surface area contributed by atoms with E-state index >= 15 is 0 Å². The van der Waals surface area contributed by atoms with Crippen molar-refractivity contribution in [2.75, 3.05) is 29.9 Å². The van der Waals surface area contributed by atoms with Gasteiger partial charge in [-0.15, -0.1) is 12.4 Å². The van der Waals surface area contributed by atoms with Crippen LogP contribution in [0.15, 0.2) is 53.1 Å². The molecule has 0 spiro atoms. The van der Waals surface area contributed by atoms with Gasteiger partial charge in [-0.2, -0.15) is 13.2 Å². The third-order valence-corrected chi connectivity index (χ3v) is 5.04. The number of hydrogen-bond acceptors (Lipinski definition) is 7. The molecule has 13 heteroatoms. The number of pyridine rings is 1. The Labute approximate surface area is 203 Å². The highest BCUT2D eigenvalue weighted by Gasteiger charge is 2.42. The Morgan fingerprint density at radius 3 is 2.57 bits per heavy atom. The van der Waals surface area contributed by atoms with Gasteiger partial charge in [0.15, 0.2) is 5.69 Å². The molecule has 1 aliphatic heterocycles. The Morgan fingerprint density at radius 1 is 1.20 bits per heavy atom. The first kappa shape index (κ1) is 26.0. The van der Waals surface area contributed by atoms with Crippen LogP contribution in [0.2, 0.25) is 0 Å². The predicted molar refractivity (Wildman–Crippen MR) is 121 cm³/mol. The molecule has 0 bridgehead atoms. The quantitative estimate of drug-likeness (QED) is 0.485. The second-order valence-electron chi connectivity index (χ2n) is 7.48. The Balaban J connectivity index is 0.00000342. The molecular formula is C22H20ClF3N4O5. The number of carboxylic acids is 1. The monoisotopic (exact) mass is 512 g/mol. The molecule has 3 heterocycles. The fraction of sp³-hybridized carbons (Fsp3) is 0.273. The van der Waals surface area contributed by atoms with E-state index in [-0.39, 0.29) is 36.7 Å². The number of carbonyl (C=O) groups is 2. The van der Waals surface area contributed by atoms with Crippen LogP contribution in [0, 0.1) is 0 Å². The minimum atomic E-state index is -4.91. The first-order chi connectivity index (χ1) is 16.2. The Morgan fingerprint density at radius 2 is 1.94 bits per heavy atom. The van der Waals surface area contributed by atoms with E-state index in [0.717, 1.165) is 0 Å². The van der Waals surface area contributed by atoms with E-state index in [1.54, 1.807) is 24.3 Å². The van der Waals surface area contributed by atoms with Crippen LogP contribution in [0.3, 0.4) is 0 Å². The van der Waals surface area contributed by atoms with Gasteiger partial charge in [-0.1, -0.05) is 18.2 Å². The highest BCUT2D eigenvalue weighted by molar-refractivity contribution is 6.04. The molecule has 1 saturated heterocycles. The van der Waals surface area contributed by atoms with Gasteiger partial charge in [0.05, 0.1) is 18.0 Å².